The maximum absolute atomic E-state index is 11.2. The topological polar surface area (TPSA) is 37.4 Å². The van der Waals surface area contributed by atoms with Crippen LogP contribution in [-0.4, -0.2) is 28.6 Å². The number of amides is 2. The highest BCUT2D eigenvalue weighted by molar-refractivity contribution is 9.09. The Balaban J connectivity index is 2.84. The van der Waals surface area contributed by atoms with Crippen LogP contribution in [0, 0.1) is 0 Å². The summed E-state index contributed by atoms with van der Waals surface area (Å²) in [6.45, 7) is 2.23. The highest BCUT2D eigenvalue weighted by atomic mass is 79.9. The van der Waals surface area contributed by atoms with Crippen LogP contribution in [0.1, 0.15) is 6.92 Å². The highest BCUT2D eigenvalue weighted by Gasteiger charge is 2.28. The smallest absolute Gasteiger partial charge is 0.257 e. The number of hydrogen-bond donors (Lipinski definition) is 0. The number of imide groups is 1. The zero-order valence-electron chi connectivity index (χ0n) is 6.13. The fourth-order valence-electron chi connectivity index (χ4n) is 0.957. The van der Waals surface area contributed by atoms with Gasteiger partial charge in [-0.3, -0.25) is 14.5 Å². The fraction of sp³-hybridized carbons (Fsp3) is 0.429. The van der Waals surface area contributed by atoms with Crippen molar-refractivity contribution in [1.29, 1.82) is 0 Å². The number of hydrogen-bond acceptors (Lipinski definition) is 2. The Bertz CT molecular complexity index is 235. The van der Waals surface area contributed by atoms with Gasteiger partial charge < -0.3 is 0 Å². The number of rotatable bonds is 2. The van der Waals surface area contributed by atoms with Crippen LogP contribution in [0.3, 0.4) is 0 Å². The Morgan fingerprint density at radius 3 is 2.45 bits per heavy atom. The van der Waals surface area contributed by atoms with Crippen molar-refractivity contribution in [3.05, 3.63) is 11.6 Å². The van der Waals surface area contributed by atoms with E-state index in [0.29, 0.717) is 17.4 Å². The summed E-state index contributed by atoms with van der Waals surface area (Å²) in [6.07, 6.45) is 1.38. The van der Waals surface area contributed by atoms with Crippen LogP contribution in [0.15, 0.2) is 11.6 Å². The monoisotopic (exact) mass is 217 g/mol. The molecule has 0 N–H and O–H groups in total. The maximum atomic E-state index is 11.2. The van der Waals surface area contributed by atoms with Gasteiger partial charge in [-0.2, -0.15) is 0 Å². The molecular formula is C7H8BrNO2. The van der Waals surface area contributed by atoms with Crippen LogP contribution in [0.4, 0.5) is 0 Å². The molecule has 0 aromatic carbocycles. The van der Waals surface area contributed by atoms with E-state index in [1.807, 2.05) is 0 Å². The van der Waals surface area contributed by atoms with Gasteiger partial charge in [0.05, 0.1) is 0 Å². The molecule has 0 aromatic heterocycles. The predicted octanol–water partition coefficient (Wildman–Crippen LogP) is 0.696. The lowest BCUT2D eigenvalue weighted by Crippen LogP contribution is -2.30. The minimum Gasteiger partial charge on any atom is -0.275 e. The summed E-state index contributed by atoms with van der Waals surface area (Å²) in [4.78, 5) is 23.4. The maximum Gasteiger partial charge on any atom is 0.257 e. The number of nitrogens with zero attached hydrogens (tertiary/aromatic N) is 1. The summed E-state index contributed by atoms with van der Waals surface area (Å²) in [6, 6.07) is 0. The molecule has 60 valence electrons. The summed E-state index contributed by atoms with van der Waals surface area (Å²) in [5, 5.41) is 0.452. The molecule has 1 heterocycles. The average molecular weight is 218 g/mol. The molecule has 0 spiro atoms. The zero-order valence-corrected chi connectivity index (χ0v) is 7.72. The number of halogens is 1. The molecule has 2 amide bonds. The second-order valence-corrected chi connectivity index (χ2v) is 2.75. The quantitative estimate of drug-likeness (QED) is 0.505. The summed E-state index contributed by atoms with van der Waals surface area (Å²) in [7, 11) is 0. The Morgan fingerprint density at radius 2 is 2.18 bits per heavy atom. The molecule has 3 nitrogen and oxygen atoms in total. The molecule has 0 unspecified atom stereocenters. The van der Waals surface area contributed by atoms with E-state index >= 15 is 0 Å². The van der Waals surface area contributed by atoms with Crippen molar-refractivity contribution < 1.29 is 9.59 Å². The molecular weight excluding hydrogens is 210 g/mol. The largest absolute Gasteiger partial charge is 0.275 e. The van der Waals surface area contributed by atoms with E-state index in [1.165, 1.54) is 11.0 Å². The highest BCUT2D eigenvalue weighted by Crippen LogP contribution is 2.13. The van der Waals surface area contributed by atoms with Gasteiger partial charge in [0.15, 0.2) is 0 Å². The molecule has 11 heavy (non-hydrogen) atoms. The van der Waals surface area contributed by atoms with Crippen LogP contribution in [-0.2, 0) is 9.59 Å². The van der Waals surface area contributed by atoms with E-state index in [-0.39, 0.29) is 11.8 Å². The van der Waals surface area contributed by atoms with Gasteiger partial charge in [0.25, 0.3) is 11.8 Å². The van der Waals surface area contributed by atoms with Gasteiger partial charge in [-0.05, 0) is 6.92 Å². The fourth-order valence-corrected chi connectivity index (χ4v) is 1.36. The van der Waals surface area contributed by atoms with Crippen molar-refractivity contribution in [2.24, 2.45) is 0 Å². The molecule has 0 aliphatic carbocycles. The molecule has 1 rings (SSSR count). The number of likely N-dealkylation sites (N-methyl/N-ethyl adjacent to an activating group) is 1. The van der Waals surface area contributed by atoms with E-state index in [9.17, 15) is 9.59 Å². The van der Waals surface area contributed by atoms with Crippen molar-refractivity contribution in [1.82, 2.24) is 4.90 Å². The Kier molecular flexibility index (Phi) is 2.44. The first kappa shape index (κ1) is 8.46. The number of carbonyl (C=O) groups is 2. The number of carbonyl (C=O) groups excluding carboxylic acids is 2. The van der Waals surface area contributed by atoms with Crippen molar-refractivity contribution in [2.45, 2.75) is 6.92 Å². The number of alkyl halides is 1. The molecule has 0 bridgehead atoms. The van der Waals surface area contributed by atoms with Crippen LogP contribution in [0.5, 0.6) is 0 Å². The van der Waals surface area contributed by atoms with Crippen LogP contribution < -0.4 is 0 Å². The minimum atomic E-state index is -0.202. The first-order chi connectivity index (χ1) is 5.20. The molecule has 0 atom stereocenters. The van der Waals surface area contributed by atoms with Crippen molar-refractivity contribution >= 4 is 27.7 Å². The van der Waals surface area contributed by atoms with Gasteiger partial charge in [-0.25, -0.2) is 0 Å². The van der Waals surface area contributed by atoms with Gasteiger partial charge >= 0.3 is 0 Å². The standard InChI is InChI=1S/C7H8BrNO2/c1-2-9-6(10)3-5(4-8)7(9)11/h3H,2,4H2,1H3. The Morgan fingerprint density at radius 1 is 1.55 bits per heavy atom. The van der Waals surface area contributed by atoms with E-state index in [2.05, 4.69) is 15.9 Å². The molecule has 1 aliphatic heterocycles. The molecule has 0 fully saturated rings. The summed E-state index contributed by atoms with van der Waals surface area (Å²) < 4.78 is 0. The van der Waals surface area contributed by atoms with E-state index in [0.717, 1.165) is 0 Å². The Labute approximate surface area is 73.2 Å². The van der Waals surface area contributed by atoms with Crippen LogP contribution >= 0.6 is 15.9 Å². The molecule has 1 aliphatic rings. The normalized spacial score (nSPS) is 17.6. The van der Waals surface area contributed by atoms with Gasteiger partial charge in [-0.1, -0.05) is 15.9 Å². The third-order valence-corrected chi connectivity index (χ3v) is 2.15. The summed E-state index contributed by atoms with van der Waals surface area (Å²) >= 11 is 3.13. The van der Waals surface area contributed by atoms with E-state index in [1.54, 1.807) is 6.92 Å². The lowest BCUT2D eigenvalue weighted by molar-refractivity contribution is -0.136. The minimum absolute atomic E-state index is 0.172. The van der Waals surface area contributed by atoms with E-state index in [4.69, 9.17) is 0 Å². The lowest BCUT2D eigenvalue weighted by atomic mass is 10.3. The first-order valence-electron chi connectivity index (χ1n) is 3.33. The van der Waals surface area contributed by atoms with Crippen molar-refractivity contribution in [2.75, 3.05) is 11.9 Å². The first-order valence-corrected chi connectivity index (χ1v) is 4.45. The van der Waals surface area contributed by atoms with Crippen molar-refractivity contribution in [3.8, 4) is 0 Å². The van der Waals surface area contributed by atoms with Gasteiger partial charge in [0.2, 0.25) is 0 Å². The van der Waals surface area contributed by atoms with E-state index < -0.39 is 0 Å². The SMILES string of the molecule is CCN1C(=O)C=C(CBr)C1=O. The second-order valence-electron chi connectivity index (χ2n) is 2.19. The zero-order chi connectivity index (χ0) is 8.43. The average Bonchev–Trinajstić information content (AvgIpc) is 2.26. The predicted molar refractivity (Wildman–Crippen MR) is 44.3 cm³/mol. The van der Waals surface area contributed by atoms with Crippen LogP contribution in [0.25, 0.3) is 0 Å². The third kappa shape index (κ3) is 1.35. The molecule has 0 saturated carbocycles. The molecule has 0 aromatic rings. The third-order valence-electron chi connectivity index (χ3n) is 1.54. The van der Waals surface area contributed by atoms with Crippen molar-refractivity contribution in [3.63, 3.8) is 0 Å². The molecule has 0 saturated heterocycles. The summed E-state index contributed by atoms with van der Waals surface area (Å²) in [5.74, 6) is -0.374. The van der Waals surface area contributed by atoms with Crippen LogP contribution in [0.2, 0.25) is 0 Å². The summed E-state index contributed by atoms with van der Waals surface area (Å²) in [5.41, 5.74) is 0.539. The van der Waals surface area contributed by atoms with Gasteiger partial charge in [0.1, 0.15) is 0 Å². The Hall–Kier alpha value is -0.640. The van der Waals surface area contributed by atoms with Gasteiger partial charge in [-0.15, -0.1) is 0 Å². The second kappa shape index (κ2) is 3.17. The molecule has 0 radical (unpaired) electrons. The van der Waals surface area contributed by atoms with Gasteiger partial charge in [0, 0.05) is 23.5 Å². The lowest BCUT2D eigenvalue weighted by Gasteiger charge is -2.09. The molecule has 4 heteroatoms.